The molecular weight excluding hydrogens is 302 g/mol. The van der Waals surface area contributed by atoms with Crippen LogP contribution in [0, 0.1) is 0 Å². The number of rotatable bonds is 5. The first-order chi connectivity index (χ1) is 10.0. The highest BCUT2D eigenvalue weighted by Crippen LogP contribution is 2.27. The molecule has 1 aliphatic carbocycles. The second-order valence-electron chi connectivity index (χ2n) is 5.60. The van der Waals surface area contributed by atoms with E-state index in [1.807, 2.05) is 19.1 Å². The molecule has 5 nitrogen and oxygen atoms in total. The first-order valence-electron chi connectivity index (χ1n) is 7.49. The molecule has 0 spiro atoms. The lowest BCUT2D eigenvalue weighted by Gasteiger charge is -2.22. The minimum Gasteiger partial charge on any atom is -0.352 e. The van der Waals surface area contributed by atoms with Gasteiger partial charge in [0, 0.05) is 18.7 Å². The fourth-order valence-corrected chi connectivity index (χ4v) is 2.63. The van der Waals surface area contributed by atoms with Crippen LogP contribution in [0.5, 0.6) is 0 Å². The molecule has 0 radical (unpaired) electrons. The molecule has 22 heavy (non-hydrogen) atoms. The third-order valence-corrected chi connectivity index (χ3v) is 3.95. The van der Waals surface area contributed by atoms with Crippen LogP contribution in [0.15, 0.2) is 24.3 Å². The molecule has 1 fully saturated rings. The summed E-state index contributed by atoms with van der Waals surface area (Å²) in [5.41, 5.74) is 6.99. The molecule has 1 aromatic carbocycles. The minimum atomic E-state index is -0.693. The van der Waals surface area contributed by atoms with Crippen molar-refractivity contribution in [3.63, 3.8) is 0 Å². The molecule has 1 saturated carbocycles. The lowest BCUT2D eigenvalue weighted by Crippen LogP contribution is -2.51. The van der Waals surface area contributed by atoms with E-state index in [2.05, 4.69) is 10.6 Å². The third kappa shape index (κ3) is 4.45. The predicted molar refractivity (Wildman–Crippen MR) is 88.9 cm³/mol. The Morgan fingerprint density at radius 3 is 2.27 bits per heavy atom. The first kappa shape index (κ1) is 18.5. The molecule has 2 amide bonds. The van der Waals surface area contributed by atoms with E-state index in [1.54, 1.807) is 12.1 Å². The summed E-state index contributed by atoms with van der Waals surface area (Å²) in [6.45, 7) is 2.93. The van der Waals surface area contributed by atoms with Gasteiger partial charge in [-0.15, -0.1) is 12.4 Å². The molecule has 0 saturated heterocycles. The van der Waals surface area contributed by atoms with E-state index >= 15 is 0 Å². The number of hydrogen-bond donors (Lipinski definition) is 3. The molecule has 4 N–H and O–H groups in total. The number of benzene rings is 1. The predicted octanol–water partition coefficient (Wildman–Crippen LogP) is 1.75. The number of carbonyl (C=O) groups is 2. The van der Waals surface area contributed by atoms with Crippen molar-refractivity contribution in [2.24, 2.45) is 5.73 Å². The number of halogens is 1. The van der Waals surface area contributed by atoms with Crippen molar-refractivity contribution in [3.05, 3.63) is 35.4 Å². The van der Waals surface area contributed by atoms with Crippen molar-refractivity contribution < 1.29 is 9.59 Å². The molecule has 1 aliphatic rings. The fourth-order valence-electron chi connectivity index (χ4n) is 2.63. The normalized spacial score (nSPS) is 15.7. The van der Waals surface area contributed by atoms with Crippen LogP contribution in [0.2, 0.25) is 0 Å². The van der Waals surface area contributed by atoms with Gasteiger partial charge in [0.15, 0.2) is 0 Å². The van der Waals surface area contributed by atoms with Crippen LogP contribution in [-0.2, 0) is 11.3 Å². The zero-order chi connectivity index (χ0) is 15.3. The summed E-state index contributed by atoms with van der Waals surface area (Å²) in [4.78, 5) is 23.7. The molecule has 0 aromatic heterocycles. The summed E-state index contributed by atoms with van der Waals surface area (Å²) in [7, 11) is 0. The van der Waals surface area contributed by atoms with Gasteiger partial charge < -0.3 is 16.4 Å². The van der Waals surface area contributed by atoms with E-state index in [1.165, 1.54) is 0 Å². The Bertz CT molecular complexity index is 511. The maximum absolute atomic E-state index is 12.1. The smallest absolute Gasteiger partial charge is 0.251 e. The molecule has 0 aliphatic heterocycles. The Hall–Kier alpha value is -1.59. The van der Waals surface area contributed by atoms with Crippen molar-refractivity contribution in [1.82, 2.24) is 10.6 Å². The van der Waals surface area contributed by atoms with E-state index in [0.29, 0.717) is 18.7 Å². The largest absolute Gasteiger partial charge is 0.352 e. The van der Waals surface area contributed by atoms with Gasteiger partial charge in [0.2, 0.25) is 5.91 Å². The summed E-state index contributed by atoms with van der Waals surface area (Å²) >= 11 is 0. The monoisotopic (exact) mass is 325 g/mol. The molecule has 0 bridgehead atoms. The second-order valence-corrected chi connectivity index (χ2v) is 5.60. The second kappa shape index (κ2) is 8.15. The van der Waals surface area contributed by atoms with Crippen LogP contribution in [0.4, 0.5) is 0 Å². The van der Waals surface area contributed by atoms with Gasteiger partial charge in [-0.25, -0.2) is 0 Å². The Kier molecular flexibility index (Phi) is 6.84. The summed E-state index contributed by atoms with van der Waals surface area (Å²) < 4.78 is 0. The molecule has 6 heteroatoms. The number of carbonyl (C=O) groups excluding carboxylic acids is 2. The standard InChI is InChI=1S/C16H23N3O2.ClH/c1-2-18-14(20)13-7-5-12(6-8-13)11-19-15(21)16(17)9-3-4-10-16;/h5-8H,2-4,9-11,17H2,1H3,(H,18,20)(H,19,21);1H. The molecule has 2 rings (SSSR count). The Balaban J connectivity index is 0.00000242. The number of amides is 2. The average Bonchev–Trinajstić information content (AvgIpc) is 2.93. The Labute approximate surface area is 137 Å². The summed E-state index contributed by atoms with van der Waals surface area (Å²) in [6, 6.07) is 7.23. The number of nitrogens with one attached hydrogen (secondary N) is 2. The van der Waals surface area contributed by atoms with E-state index in [-0.39, 0.29) is 24.2 Å². The van der Waals surface area contributed by atoms with E-state index in [0.717, 1.165) is 31.2 Å². The molecule has 1 aromatic rings. The highest BCUT2D eigenvalue weighted by atomic mass is 35.5. The molecule has 122 valence electrons. The summed E-state index contributed by atoms with van der Waals surface area (Å²) in [6.07, 6.45) is 3.56. The number of nitrogens with two attached hydrogens (primary N) is 1. The van der Waals surface area contributed by atoms with Crippen molar-refractivity contribution >= 4 is 24.2 Å². The zero-order valence-corrected chi connectivity index (χ0v) is 13.7. The van der Waals surface area contributed by atoms with Gasteiger partial charge in [0.1, 0.15) is 0 Å². The van der Waals surface area contributed by atoms with Crippen molar-refractivity contribution in [2.45, 2.75) is 44.7 Å². The van der Waals surface area contributed by atoms with Crippen LogP contribution in [0.1, 0.15) is 48.5 Å². The van der Waals surface area contributed by atoms with Crippen molar-refractivity contribution in [3.8, 4) is 0 Å². The Morgan fingerprint density at radius 1 is 1.14 bits per heavy atom. The summed E-state index contributed by atoms with van der Waals surface area (Å²) in [5.74, 6) is -0.159. The SMILES string of the molecule is CCNC(=O)c1ccc(CNC(=O)C2(N)CCCC2)cc1.Cl. The fraction of sp³-hybridized carbons (Fsp3) is 0.500. The quantitative estimate of drug-likeness (QED) is 0.771. The number of hydrogen-bond acceptors (Lipinski definition) is 3. The van der Waals surface area contributed by atoms with Gasteiger partial charge in [-0.3, -0.25) is 9.59 Å². The highest BCUT2D eigenvalue weighted by Gasteiger charge is 2.36. The first-order valence-corrected chi connectivity index (χ1v) is 7.49. The van der Waals surface area contributed by atoms with Crippen LogP contribution in [0.3, 0.4) is 0 Å². The maximum atomic E-state index is 12.1. The van der Waals surface area contributed by atoms with Crippen LogP contribution in [-0.4, -0.2) is 23.9 Å². The van der Waals surface area contributed by atoms with Crippen molar-refractivity contribution in [2.75, 3.05) is 6.54 Å². The van der Waals surface area contributed by atoms with E-state index in [4.69, 9.17) is 5.73 Å². The average molecular weight is 326 g/mol. The van der Waals surface area contributed by atoms with Crippen LogP contribution >= 0.6 is 12.4 Å². The topological polar surface area (TPSA) is 84.2 Å². The van der Waals surface area contributed by atoms with Crippen molar-refractivity contribution in [1.29, 1.82) is 0 Å². The Morgan fingerprint density at radius 2 is 1.73 bits per heavy atom. The molecular formula is C16H24ClN3O2. The highest BCUT2D eigenvalue weighted by molar-refractivity contribution is 5.94. The van der Waals surface area contributed by atoms with Crippen LogP contribution < -0.4 is 16.4 Å². The van der Waals surface area contributed by atoms with Gasteiger partial charge in [-0.05, 0) is 37.5 Å². The minimum absolute atomic E-state index is 0. The van der Waals surface area contributed by atoms with Gasteiger partial charge in [-0.2, -0.15) is 0 Å². The van der Waals surface area contributed by atoms with Gasteiger partial charge in [0.05, 0.1) is 5.54 Å². The molecule has 0 atom stereocenters. The lowest BCUT2D eigenvalue weighted by atomic mass is 9.98. The van der Waals surface area contributed by atoms with E-state index < -0.39 is 5.54 Å². The van der Waals surface area contributed by atoms with Gasteiger partial charge >= 0.3 is 0 Å². The van der Waals surface area contributed by atoms with Gasteiger partial charge in [0.25, 0.3) is 5.91 Å². The molecule has 0 unspecified atom stereocenters. The lowest BCUT2D eigenvalue weighted by molar-refractivity contribution is -0.126. The van der Waals surface area contributed by atoms with Crippen LogP contribution in [0.25, 0.3) is 0 Å². The van der Waals surface area contributed by atoms with E-state index in [9.17, 15) is 9.59 Å². The van der Waals surface area contributed by atoms with Gasteiger partial charge in [-0.1, -0.05) is 25.0 Å². The molecule has 0 heterocycles. The maximum Gasteiger partial charge on any atom is 0.251 e. The summed E-state index contributed by atoms with van der Waals surface area (Å²) in [5, 5.41) is 5.64. The zero-order valence-electron chi connectivity index (χ0n) is 12.9. The third-order valence-electron chi connectivity index (χ3n) is 3.95.